The minimum absolute atomic E-state index is 0.589. The molecule has 1 atom stereocenters. The topological polar surface area (TPSA) is 33.0 Å². The smallest absolute Gasteiger partial charge is 0.192 e. The summed E-state index contributed by atoms with van der Waals surface area (Å²) < 4.78 is 5.32. The predicted molar refractivity (Wildman–Crippen MR) is 46.2 cm³/mol. The Hall–Kier alpha value is -0.620. The summed E-state index contributed by atoms with van der Waals surface area (Å²) >= 11 is 4.93. The highest BCUT2D eigenvalue weighted by Crippen LogP contribution is 2.24. The number of thiocarbonyl (C=S) groups is 1. The average Bonchev–Trinajstić information content (AvgIpc) is 2.13. The Bertz CT molecular complexity index is 209. The molecule has 0 radical (unpaired) electrons. The molecule has 1 heterocycles. The van der Waals surface area contributed by atoms with Gasteiger partial charge in [0, 0.05) is 12.8 Å². The standard InChI is InChI=1S/C8H11NOS/c1-8(6-9)5-3-2-4-7(11)10-8/h2-5H2,1H3. The van der Waals surface area contributed by atoms with Crippen LogP contribution >= 0.6 is 12.2 Å². The summed E-state index contributed by atoms with van der Waals surface area (Å²) in [5.74, 6) is 0. The van der Waals surface area contributed by atoms with E-state index < -0.39 is 5.60 Å². The summed E-state index contributed by atoms with van der Waals surface area (Å²) in [5, 5.41) is 9.35. The monoisotopic (exact) mass is 169 g/mol. The lowest BCUT2D eigenvalue weighted by Gasteiger charge is -2.19. The Morgan fingerprint density at radius 2 is 2.36 bits per heavy atom. The lowest BCUT2D eigenvalue weighted by molar-refractivity contribution is 0.133. The third kappa shape index (κ3) is 2.16. The number of rotatable bonds is 0. The fraction of sp³-hybridized carbons (Fsp3) is 0.750. The quantitative estimate of drug-likeness (QED) is 0.521. The maximum absolute atomic E-state index is 8.76. The van der Waals surface area contributed by atoms with Crippen molar-refractivity contribution in [1.82, 2.24) is 0 Å². The van der Waals surface area contributed by atoms with E-state index >= 15 is 0 Å². The van der Waals surface area contributed by atoms with Gasteiger partial charge in [-0.05, 0) is 32.0 Å². The van der Waals surface area contributed by atoms with Crippen molar-refractivity contribution in [3.05, 3.63) is 0 Å². The molecule has 0 aromatic heterocycles. The van der Waals surface area contributed by atoms with Gasteiger partial charge in [0.15, 0.2) is 10.7 Å². The lowest BCUT2D eigenvalue weighted by atomic mass is 10.0. The van der Waals surface area contributed by atoms with E-state index in [0.717, 1.165) is 25.7 Å². The fourth-order valence-corrected chi connectivity index (χ4v) is 1.49. The Kier molecular flexibility index (Phi) is 2.45. The van der Waals surface area contributed by atoms with Gasteiger partial charge in [-0.1, -0.05) is 0 Å². The molecule has 3 heteroatoms. The molecule has 2 nitrogen and oxygen atoms in total. The molecule has 0 N–H and O–H groups in total. The zero-order chi connectivity index (χ0) is 8.32. The number of nitrogens with zero attached hydrogens (tertiary/aromatic N) is 1. The van der Waals surface area contributed by atoms with Gasteiger partial charge in [-0.2, -0.15) is 5.26 Å². The molecular formula is C8H11NOS. The van der Waals surface area contributed by atoms with E-state index in [-0.39, 0.29) is 0 Å². The van der Waals surface area contributed by atoms with Crippen molar-refractivity contribution in [2.45, 2.75) is 38.2 Å². The van der Waals surface area contributed by atoms with Crippen LogP contribution in [0.25, 0.3) is 0 Å². The summed E-state index contributed by atoms with van der Waals surface area (Å²) in [5.41, 5.74) is -0.659. The number of ether oxygens (including phenoxy) is 1. The second kappa shape index (κ2) is 3.19. The molecule has 1 saturated heterocycles. The van der Waals surface area contributed by atoms with Crippen molar-refractivity contribution in [2.24, 2.45) is 0 Å². The molecule has 1 unspecified atom stereocenters. The van der Waals surface area contributed by atoms with Crippen LogP contribution in [0.15, 0.2) is 0 Å². The van der Waals surface area contributed by atoms with Crippen molar-refractivity contribution >= 4 is 17.3 Å². The lowest BCUT2D eigenvalue weighted by Crippen LogP contribution is -2.26. The van der Waals surface area contributed by atoms with Gasteiger partial charge in [0.25, 0.3) is 0 Å². The van der Waals surface area contributed by atoms with Crippen LogP contribution in [0.4, 0.5) is 0 Å². The summed E-state index contributed by atoms with van der Waals surface area (Å²) in [6, 6.07) is 2.14. The third-order valence-electron chi connectivity index (χ3n) is 1.86. The van der Waals surface area contributed by atoms with Crippen LogP contribution in [0.2, 0.25) is 0 Å². The summed E-state index contributed by atoms with van der Waals surface area (Å²) in [4.78, 5) is 0. The zero-order valence-corrected chi connectivity index (χ0v) is 7.41. The van der Waals surface area contributed by atoms with Gasteiger partial charge >= 0.3 is 0 Å². The van der Waals surface area contributed by atoms with Crippen LogP contribution in [0.1, 0.15) is 32.6 Å². The number of hydrogen-bond donors (Lipinski definition) is 0. The first-order chi connectivity index (χ1) is 5.16. The van der Waals surface area contributed by atoms with Gasteiger partial charge in [-0.15, -0.1) is 0 Å². The van der Waals surface area contributed by atoms with E-state index in [1.54, 1.807) is 6.92 Å². The normalized spacial score (nSPS) is 31.8. The van der Waals surface area contributed by atoms with Gasteiger partial charge < -0.3 is 4.74 Å². The summed E-state index contributed by atoms with van der Waals surface area (Å²) in [6.45, 7) is 1.80. The second-order valence-corrected chi connectivity index (χ2v) is 3.48. The predicted octanol–water partition coefficient (Wildman–Crippen LogP) is 2.19. The number of hydrogen-bond acceptors (Lipinski definition) is 3. The van der Waals surface area contributed by atoms with E-state index in [1.165, 1.54) is 0 Å². The molecule has 0 saturated carbocycles. The van der Waals surface area contributed by atoms with E-state index in [1.807, 2.05) is 0 Å². The van der Waals surface area contributed by atoms with Crippen LogP contribution in [0, 0.1) is 11.3 Å². The van der Waals surface area contributed by atoms with Gasteiger partial charge in [-0.3, -0.25) is 0 Å². The van der Waals surface area contributed by atoms with Crippen LogP contribution in [0.5, 0.6) is 0 Å². The minimum atomic E-state index is -0.659. The summed E-state index contributed by atoms with van der Waals surface area (Å²) in [6.07, 6.45) is 3.70. The third-order valence-corrected chi connectivity index (χ3v) is 2.15. The molecule has 0 aromatic carbocycles. The molecule has 11 heavy (non-hydrogen) atoms. The molecule has 1 fully saturated rings. The van der Waals surface area contributed by atoms with Crippen molar-refractivity contribution in [2.75, 3.05) is 0 Å². The maximum Gasteiger partial charge on any atom is 0.192 e. The average molecular weight is 169 g/mol. The molecule has 0 bridgehead atoms. The van der Waals surface area contributed by atoms with Crippen LogP contribution < -0.4 is 0 Å². The van der Waals surface area contributed by atoms with Gasteiger partial charge in [-0.25, -0.2) is 0 Å². The van der Waals surface area contributed by atoms with Gasteiger partial charge in [0.2, 0.25) is 0 Å². The zero-order valence-electron chi connectivity index (χ0n) is 6.59. The molecule has 60 valence electrons. The molecule has 1 aliphatic rings. The Morgan fingerprint density at radius 1 is 1.64 bits per heavy atom. The van der Waals surface area contributed by atoms with Crippen molar-refractivity contribution in [3.63, 3.8) is 0 Å². The van der Waals surface area contributed by atoms with Crippen LogP contribution in [-0.2, 0) is 4.74 Å². The van der Waals surface area contributed by atoms with Crippen LogP contribution in [0.3, 0.4) is 0 Å². The van der Waals surface area contributed by atoms with E-state index in [9.17, 15) is 0 Å². The minimum Gasteiger partial charge on any atom is -0.466 e. The Balaban J connectivity index is 2.68. The molecule has 0 aromatic rings. The van der Waals surface area contributed by atoms with E-state index in [2.05, 4.69) is 6.07 Å². The Morgan fingerprint density at radius 3 is 3.00 bits per heavy atom. The van der Waals surface area contributed by atoms with Crippen molar-refractivity contribution in [1.29, 1.82) is 5.26 Å². The van der Waals surface area contributed by atoms with Gasteiger partial charge in [0.05, 0.1) is 0 Å². The largest absolute Gasteiger partial charge is 0.466 e. The molecule has 1 rings (SSSR count). The molecule has 1 aliphatic heterocycles. The van der Waals surface area contributed by atoms with Gasteiger partial charge in [0.1, 0.15) is 6.07 Å². The maximum atomic E-state index is 8.76. The first-order valence-electron chi connectivity index (χ1n) is 3.79. The number of nitriles is 1. The highest BCUT2D eigenvalue weighted by atomic mass is 32.1. The first kappa shape index (κ1) is 8.48. The molecule has 0 aliphatic carbocycles. The van der Waals surface area contributed by atoms with Crippen molar-refractivity contribution < 1.29 is 4.74 Å². The van der Waals surface area contributed by atoms with E-state index in [4.69, 9.17) is 22.2 Å². The fourth-order valence-electron chi connectivity index (χ4n) is 1.16. The second-order valence-electron chi connectivity index (χ2n) is 3.02. The SMILES string of the molecule is CC1(C#N)CCCCC(=S)O1. The van der Waals surface area contributed by atoms with Crippen molar-refractivity contribution in [3.8, 4) is 6.07 Å². The Labute approximate surface area is 72.2 Å². The molecule has 0 spiro atoms. The van der Waals surface area contributed by atoms with Crippen LogP contribution in [-0.4, -0.2) is 10.7 Å². The highest BCUT2D eigenvalue weighted by molar-refractivity contribution is 7.80. The summed E-state index contributed by atoms with van der Waals surface area (Å²) in [7, 11) is 0. The first-order valence-corrected chi connectivity index (χ1v) is 4.20. The highest BCUT2D eigenvalue weighted by Gasteiger charge is 2.28. The van der Waals surface area contributed by atoms with E-state index in [0.29, 0.717) is 5.05 Å². The molecule has 0 amide bonds. The molecular weight excluding hydrogens is 158 g/mol.